The predicted octanol–water partition coefficient (Wildman–Crippen LogP) is 2.07. The van der Waals surface area contributed by atoms with E-state index >= 15 is 0 Å². The molecule has 1 amide bonds. The minimum absolute atomic E-state index is 0.109. The van der Waals surface area contributed by atoms with Crippen LogP contribution in [-0.2, 0) is 11.2 Å². The number of hydrogen-bond donors (Lipinski definition) is 2. The minimum atomic E-state index is 0.109. The summed E-state index contributed by atoms with van der Waals surface area (Å²) in [5.74, 6) is 3.25. The summed E-state index contributed by atoms with van der Waals surface area (Å²) in [7, 11) is 0. The number of hydrogen-bond acceptors (Lipinski definition) is 3. The summed E-state index contributed by atoms with van der Waals surface area (Å²) in [5.41, 5.74) is 7.36. The van der Waals surface area contributed by atoms with Crippen molar-refractivity contribution in [3.63, 3.8) is 0 Å². The molecule has 0 aliphatic carbocycles. The van der Waals surface area contributed by atoms with Gasteiger partial charge in [0.15, 0.2) is 0 Å². The number of anilines is 1. The van der Waals surface area contributed by atoms with Gasteiger partial charge in [0.05, 0.1) is 6.42 Å². The lowest BCUT2D eigenvalue weighted by Gasteiger charge is -2.21. The molecular weight excluding hydrogens is 244 g/mol. The average Bonchev–Trinajstić information content (AvgIpc) is 2.40. The van der Waals surface area contributed by atoms with Gasteiger partial charge >= 0.3 is 0 Å². The normalized spacial score (nSPS) is 16.4. The number of rotatable bonds is 4. The zero-order valence-electron chi connectivity index (χ0n) is 10.5. The van der Waals surface area contributed by atoms with E-state index in [1.54, 1.807) is 0 Å². The summed E-state index contributed by atoms with van der Waals surface area (Å²) in [6.07, 6.45) is 2.90. The first-order valence-electron chi connectivity index (χ1n) is 6.43. The van der Waals surface area contributed by atoms with Gasteiger partial charge in [0.1, 0.15) is 0 Å². The van der Waals surface area contributed by atoms with E-state index in [1.807, 2.05) is 36.0 Å². The van der Waals surface area contributed by atoms with Crippen LogP contribution in [0, 0.1) is 5.92 Å². The molecule has 0 aromatic heterocycles. The second kappa shape index (κ2) is 6.69. The van der Waals surface area contributed by atoms with Gasteiger partial charge in [0.25, 0.3) is 0 Å². The summed E-state index contributed by atoms with van der Waals surface area (Å²) in [6, 6.07) is 7.49. The number of carbonyl (C=O) groups is 1. The van der Waals surface area contributed by atoms with Crippen molar-refractivity contribution in [2.24, 2.45) is 5.92 Å². The van der Waals surface area contributed by atoms with Crippen LogP contribution in [0.5, 0.6) is 0 Å². The Hall–Kier alpha value is -1.16. The van der Waals surface area contributed by atoms with Gasteiger partial charge in [0.2, 0.25) is 5.91 Å². The van der Waals surface area contributed by atoms with E-state index in [2.05, 4.69) is 5.32 Å². The Morgan fingerprint density at radius 2 is 1.94 bits per heavy atom. The molecule has 0 spiro atoms. The van der Waals surface area contributed by atoms with Crippen LogP contribution in [0.4, 0.5) is 5.69 Å². The maximum Gasteiger partial charge on any atom is 0.224 e. The summed E-state index contributed by atoms with van der Waals surface area (Å²) in [6.45, 7) is 0.828. The molecule has 98 valence electrons. The number of thioether (sulfide) groups is 1. The van der Waals surface area contributed by atoms with E-state index in [0.29, 0.717) is 12.3 Å². The molecule has 1 aromatic carbocycles. The van der Waals surface area contributed by atoms with Crippen LogP contribution in [-0.4, -0.2) is 24.0 Å². The highest BCUT2D eigenvalue weighted by Gasteiger charge is 2.14. The third-order valence-corrected chi connectivity index (χ3v) is 4.32. The third-order valence-electron chi connectivity index (χ3n) is 3.27. The van der Waals surface area contributed by atoms with E-state index in [4.69, 9.17) is 5.73 Å². The molecule has 18 heavy (non-hydrogen) atoms. The zero-order valence-corrected chi connectivity index (χ0v) is 11.3. The number of benzene rings is 1. The van der Waals surface area contributed by atoms with Crippen molar-refractivity contribution in [2.75, 3.05) is 23.8 Å². The molecule has 1 aliphatic rings. The monoisotopic (exact) mass is 264 g/mol. The van der Waals surface area contributed by atoms with Gasteiger partial charge in [-0.25, -0.2) is 0 Å². The molecule has 1 heterocycles. The molecule has 0 bridgehead atoms. The quantitative estimate of drug-likeness (QED) is 0.819. The standard InChI is InChI=1S/C14H20N2OS/c15-13-3-1-11(2-4-13)9-14(17)16-10-12-5-7-18-8-6-12/h1-4,12H,5-10,15H2,(H,16,17). The second-order valence-electron chi connectivity index (χ2n) is 4.78. The number of carbonyl (C=O) groups excluding carboxylic acids is 1. The second-order valence-corrected chi connectivity index (χ2v) is 6.00. The lowest BCUT2D eigenvalue weighted by molar-refractivity contribution is -0.120. The van der Waals surface area contributed by atoms with Gasteiger partial charge in [-0.1, -0.05) is 12.1 Å². The van der Waals surface area contributed by atoms with E-state index in [-0.39, 0.29) is 5.91 Å². The molecule has 0 unspecified atom stereocenters. The Morgan fingerprint density at radius 3 is 2.61 bits per heavy atom. The van der Waals surface area contributed by atoms with E-state index in [1.165, 1.54) is 24.3 Å². The molecule has 0 atom stereocenters. The minimum Gasteiger partial charge on any atom is -0.399 e. The predicted molar refractivity (Wildman–Crippen MR) is 77.6 cm³/mol. The maximum atomic E-state index is 11.8. The van der Waals surface area contributed by atoms with Crippen LogP contribution in [0.2, 0.25) is 0 Å². The Balaban J connectivity index is 1.73. The zero-order chi connectivity index (χ0) is 12.8. The molecule has 4 heteroatoms. The van der Waals surface area contributed by atoms with Gasteiger partial charge < -0.3 is 11.1 Å². The first kappa shape index (κ1) is 13.3. The molecule has 1 saturated heterocycles. The van der Waals surface area contributed by atoms with Crippen molar-refractivity contribution >= 4 is 23.4 Å². The lowest BCUT2D eigenvalue weighted by Crippen LogP contribution is -2.32. The van der Waals surface area contributed by atoms with Crippen LogP contribution >= 0.6 is 11.8 Å². The third kappa shape index (κ3) is 4.26. The Labute approximate surface area is 113 Å². The van der Waals surface area contributed by atoms with Gasteiger partial charge in [0, 0.05) is 12.2 Å². The molecule has 2 rings (SSSR count). The van der Waals surface area contributed by atoms with Crippen LogP contribution in [0.25, 0.3) is 0 Å². The van der Waals surface area contributed by atoms with Gasteiger partial charge in [-0.05, 0) is 48.0 Å². The van der Waals surface area contributed by atoms with Crippen LogP contribution in [0.15, 0.2) is 24.3 Å². The Kier molecular flexibility index (Phi) is 4.93. The van der Waals surface area contributed by atoms with Gasteiger partial charge in [-0.3, -0.25) is 4.79 Å². The smallest absolute Gasteiger partial charge is 0.224 e. The summed E-state index contributed by atoms with van der Waals surface area (Å²) < 4.78 is 0. The van der Waals surface area contributed by atoms with E-state index < -0.39 is 0 Å². The largest absolute Gasteiger partial charge is 0.399 e. The fourth-order valence-electron chi connectivity index (χ4n) is 2.09. The van der Waals surface area contributed by atoms with Gasteiger partial charge in [-0.2, -0.15) is 11.8 Å². The Morgan fingerprint density at radius 1 is 1.28 bits per heavy atom. The van der Waals surface area contributed by atoms with Crippen molar-refractivity contribution in [2.45, 2.75) is 19.3 Å². The Bertz CT molecular complexity index is 385. The first-order chi connectivity index (χ1) is 8.74. The molecule has 3 nitrogen and oxygen atoms in total. The average molecular weight is 264 g/mol. The molecule has 3 N–H and O–H groups in total. The number of nitrogen functional groups attached to an aromatic ring is 1. The van der Waals surface area contributed by atoms with Crippen LogP contribution in [0.3, 0.4) is 0 Å². The van der Waals surface area contributed by atoms with E-state index in [0.717, 1.165) is 17.8 Å². The molecule has 1 fully saturated rings. The maximum absolute atomic E-state index is 11.8. The highest BCUT2D eigenvalue weighted by molar-refractivity contribution is 7.99. The molecule has 1 aliphatic heterocycles. The summed E-state index contributed by atoms with van der Waals surface area (Å²) in [5, 5.41) is 3.04. The molecule has 1 aromatic rings. The van der Waals surface area contributed by atoms with Crippen molar-refractivity contribution in [3.8, 4) is 0 Å². The van der Waals surface area contributed by atoms with Crippen molar-refractivity contribution in [1.82, 2.24) is 5.32 Å². The molecule has 0 radical (unpaired) electrons. The number of amides is 1. The van der Waals surface area contributed by atoms with Crippen LogP contribution < -0.4 is 11.1 Å². The fraction of sp³-hybridized carbons (Fsp3) is 0.500. The number of nitrogens with two attached hydrogens (primary N) is 1. The molecular formula is C14H20N2OS. The fourth-order valence-corrected chi connectivity index (χ4v) is 3.30. The van der Waals surface area contributed by atoms with E-state index in [9.17, 15) is 4.79 Å². The SMILES string of the molecule is Nc1ccc(CC(=O)NCC2CCSCC2)cc1. The molecule has 0 saturated carbocycles. The summed E-state index contributed by atoms with van der Waals surface area (Å²) >= 11 is 2.01. The van der Waals surface area contributed by atoms with Crippen molar-refractivity contribution < 1.29 is 4.79 Å². The van der Waals surface area contributed by atoms with Crippen molar-refractivity contribution in [1.29, 1.82) is 0 Å². The van der Waals surface area contributed by atoms with Crippen LogP contribution in [0.1, 0.15) is 18.4 Å². The first-order valence-corrected chi connectivity index (χ1v) is 7.58. The van der Waals surface area contributed by atoms with Gasteiger partial charge in [-0.15, -0.1) is 0 Å². The highest BCUT2D eigenvalue weighted by atomic mass is 32.2. The van der Waals surface area contributed by atoms with Crippen molar-refractivity contribution in [3.05, 3.63) is 29.8 Å². The number of nitrogens with one attached hydrogen (secondary N) is 1. The lowest BCUT2D eigenvalue weighted by atomic mass is 10.0. The topological polar surface area (TPSA) is 55.1 Å². The summed E-state index contributed by atoms with van der Waals surface area (Å²) in [4.78, 5) is 11.8. The highest BCUT2D eigenvalue weighted by Crippen LogP contribution is 2.21.